The number of halogens is 2. The number of aryl methyl sites for hydroxylation is 1. The molecule has 0 unspecified atom stereocenters. The lowest BCUT2D eigenvalue weighted by atomic mass is 10.2. The van der Waals surface area contributed by atoms with Gasteiger partial charge in [0.05, 0.1) is 6.54 Å². The van der Waals surface area contributed by atoms with Gasteiger partial charge in [-0.3, -0.25) is 5.10 Å². The van der Waals surface area contributed by atoms with E-state index in [0.29, 0.717) is 17.8 Å². The number of hydrogen-bond donors (Lipinski definition) is 3. The molecule has 0 aliphatic carbocycles. The largest absolute Gasteiger partial charge is 0.313 e. The summed E-state index contributed by atoms with van der Waals surface area (Å²) in [5, 5.41) is 9.07. The van der Waals surface area contributed by atoms with Crippen molar-refractivity contribution in [1.82, 2.24) is 20.2 Å². The van der Waals surface area contributed by atoms with Crippen LogP contribution in [0, 0.1) is 6.92 Å². The quantitative estimate of drug-likeness (QED) is 0.618. The molecule has 9 heteroatoms. The number of rotatable bonds is 8. The third-order valence-corrected chi connectivity index (χ3v) is 3.84. The average Bonchev–Trinajstić information content (AvgIpc) is 2.70. The van der Waals surface area contributed by atoms with Gasteiger partial charge in [0.25, 0.3) is 16.4 Å². The van der Waals surface area contributed by atoms with Gasteiger partial charge in [0.1, 0.15) is 0 Å². The molecule has 0 bridgehead atoms. The monoisotopic (exact) mass is 296 g/mol. The first-order valence-corrected chi connectivity index (χ1v) is 7.39. The molecule has 110 valence electrons. The molecule has 0 saturated heterocycles. The van der Waals surface area contributed by atoms with Crippen molar-refractivity contribution in [2.24, 2.45) is 0 Å². The van der Waals surface area contributed by atoms with E-state index in [0.717, 1.165) is 13.0 Å². The zero-order chi connectivity index (χ0) is 14.5. The number of sulfonamides is 1. The summed E-state index contributed by atoms with van der Waals surface area (Å²) < 4.78 is 49.7. The second-order valence-corrected chi connectivity index (χ2v) is 5.73. The summed E-state index contributed by atoms with van der Waals surface area (Å²) in [7, 11) is -4.01. The van der Waals surface area contributed by atoms with Crippen molar-refractivity contribution in [1.29, 1.82) is 0 Å². The first kappa shape index (κ1) is 16.0. The Balaban J connectivity index is 2.87. The van der Waals surface area contributed by atoms with E-state index in [1.54, 1.807) is 6.92 Å². The molecule has 1 aromatic rings. The van der Waals surface area contributed by atoms with Crippen molar-refractivity contribution in [2.45, 2.75) is 38.3 Å². The summed E-state index contributed by atoms with van der Waals surface area (Å²) in [6, 6.07) is 0. The molecule has 0 amide bonds. The van der Waals surface area contributed by atoms with E-state index in [1.807, 2.05) is 11.6 Å². The molecule has 0 atom stereocenters. The number of aromatic amines is 1. The van der Waals surface area contributed by atoms with Crippen molar-refractivity contribution in [3.63, 3.8) is 0 Å². The Labute approximate surface area is 111 Å². The number of nitrogens with one attached hydrogen (secondary N) is 3. The smallest absolute Gasteiger partial charge is 0.260 e. The van der Waals surface area contributed by atoms with Crippen LogP contribution in [-0.4, -0.2) is 38.1 Å². The molecule has 0 radical (unpaired) electrons. The van der Waals surface area contributed by atoms with Gasteiger partial charge in [0, 0.05) is 17.8 Å². The van der Waals surface area contributed by atoms with Crippen LogP contribution in [0.4, 0.5) is 8.78 Å². The summed E-state index contributed by atoms with van der Waals surface area (Å²) in [5.74, 6) is 0. The number of nitrogens with zero attached hydrogens (tertiary/aromatic N) is 1. The Hall–Kier alpha value is -1.06. The fourth-order valence-electron chi connectivity index (χ4n) is 1.49. The third kappa shape index (κ3) is 4.51. The molecule has 3 N–H and O–H groups in total. The maximum absolute atomic E-state index is 12.1. The average molecular weight is 296 g/mol. The summed E-state index contributed by atoms with van der Waals surface area (Å²) >= 11 is 0. The van der Waals surface area contributed by atoms with E-state index in [-0.39, 0.29) is 5.03 Å². The lowest BCUT2D eigenvalue weighted by Gasteiger charge is -2.07. The topological polar surface area (TPSA) is 86.9 Å². The highest BCUT2D eigenvalue weighted by Gasteiger charge is 2.24. The van der Waals surface area contributed by atoms with Crippen LogP contribution >= 0.6 is 0 Å². The van der Waals surface area contributed by atoms with Crippen molar-refractivity contribution in [2.75, 3.05) is 13.1 Å². The Kier molecular flexibility index (Phi) is 5.83. The zero-order valence-corrected chi connectivity index (χ0v) is 11.7. The molecule has 6 nitrogen and oxygen atoms in total. The molecule has 0 fully saturated rings. The highest BCUT2D eigenvalue weighted by atomic mass is 32.2. The third-order valence-electron chi connectivity index (χ3n) is 2.45. The summed E-state index contributed by atoms with van der Waals surface area (Å²) in [6.45, 7) is 3.80. The predicted octanol–water partition coefficient (Wildman–Crippen LogP) is 0.761. The van der Waals surface area contributed by atoms with Crippen LogP contribution in [0.3, 0.4) is 0 Å². The van der Waals surface area contributed by atoms with Crippen LogP contribution in [-0.2, 0) is 16.6 Å². The molecule has 0 aliphatic heterocycles. The SMILES string of the molecule is CCCNCc1c(S(=O)(=O)NCC(F)F)n[nH]c1C. The Morgan fingerprint density at radius 3 is 2.68 bits per heavy atom. The normalized spacial score (nSPS) is 12.3. The minimum Gasteiger partial charge on any atom is -0.313 e. The molecule has 0 saturated carbocycles. The van der Waals surface area contributed by atoms with E-state index < -0.39 is 23.0 Å². The first-order chi connectivity index (χ1) is 8.88. The van der Waals surface area contributed by atoms with E-state index in [1.165, 1.54) is 0 Å². The van der Waals surface area contributed by atoms with Crippen molar-refractivity contribution >= 4 is 10.0 Å². The van der Waals surface area contributed by atoms with Gasteiger partial charge in [0.2, 0.25) is 0 Å². The first-order valence-electron chi connectivity index (χ1n) is 5.90. The van der Waals surface area contributed by atoms with Gasteiger partial charge < -0.3 is 5.32 Å². The number of H-pyrrole nitrogens is 1. The van der Waals surface area contributed by atoms with Gasteiger partial charge in [-0.15, -0.1) is 0 Å². The van der Waals surface area contributed by atoms with Gasteiger partial charge in [-0.1, -0.05) is 6.92 Å². The van der Waals surface area contributed by atoms with Crippen LogP contribution in [0.1, 0.15) is 24.6 Å². The molecule has 1 aromatic heterocycles. The van der Waals surface area contributed by atoms with Gasteiger partial charge in [0.15, 0.2) is 5.03 Å². The van der Waals surface area contributed by atoms with Crippen LogP contribution in [0.2, 0.25) is 0 Å². The molecule has 1 heterocycles. The maximum Gasteiger partial charge on any atom is 0.260 e. The van der Waals surface area contributed by atoms with Crippen LogP contribution in [0.15, 0.2) is 5.03 Å². The maximum atomic E-state index is 12.1. The number of hydrogen-bond acceptors (Lipinski definition) is 4. The molecular formula is C10H18F2N4O2S. The Morgan fingerprint density at radius 2 is 2.11 bits per heavy atom. The lowest BCUT2D eigenvalue weighted by molar-refractivity contribution is 0.153. The second-order valence-electron chi connectivity index (χ2n) is 4.05. The molecule has 0 spiro atoms. The van der Waals surface area contributed by atoms with E-state index in [4.69, 9.17) is 0 Å². The van der Waals surface area contributed by atoms with Gasteiger partial charge in [-0.25, -0.2) is 21.9 Å². The molecular weight excluding hydrogens is 278 g/mol. The van der Waals surface area contributed by atoms with Gasteiger partial charge >= 0.3 is 0 Å². The van der Waals surface area contributed by atoms with Crippen molar-refractivity contribution in [3.05, 3.63) is 11.3 Å². The fraction of sp³-hybridized carbons (Fsp3) is 0.700. The van der Waals surface area contributed by atoms with Crippen LogP contribution in [0.5, 0.6) is 0 Å². The number of aromatic nitrogens is 2. The molecule has 1 rings (SSSR count). The summed E-state index contributed by atoms with van der Waals surface area (Å²) in [5.41, 5.74) is 1.07. The Morgan fingerprint density at radius 1 is 1.42 bits per heavy atom. The highest BCUT2D eigenvalue weighted by molar-refractivity contribution is 7.89. The lowest BCUT2D eigenvalue weighted by Crippen LogP contribution is -2.30. The number of alkyl halides is 2. The predicted molar refractivity (Wildman–Crippen MR) is 66.5 cm³/mol. The second kappa shape index (κ2) is 6.92. The summed E-state index contributed by atoms with van der Waals surface area (Å²) in [6.07, 6.45) is -1.83. The minimum absolute atomic E-state index is 0.228. The van der Waals surface area contributed by atoms with Gasteiger partial charge in [-0.05, 0) is 19.9 Å². The standard InChI is InChI=1S/C10H18F2N4O2S/c1-3-4-13-5-8-7(2)15-16-10(8)19(17,18)14-6-9(11)12/h9,13-14H,3-6H2,1-2H3,(H,15,16). The zero-order valence-electron chi connectivity index (χ0n) is 10.8. The molecule has 0 aliphatic rings. The molecule has 0 aromatic carbocycles. The van der Waals surface area contributed by atoms with E-state index in [9.17, 15) is 17.2 Å². The van der Waals surface area contributed by atoms with E-state index >= 15 is 0 Å². The summed E-state index contributed by atoms with van der Waals surface area (Å²) in [4.78, 5) is 0. The van der Waals surface area contributed by atoms with Gasteiger partial charge in [-0.2, -0.15) is 5.10 Å². The van der Waals surface area contributed by atoms with E-state index in [2.05, 4.69) is 15.5 Å². The molecule has 19 heavy (non-hydrogen) atoms. The minimum atomic E-state index is -4.01. The fourth-order valence-corrected chi connectivity index (χ4v) is 2.69. The van der Waals surface area contributed by atoms with Crippen molar-refractivity contribution < 1.29 is 17.2 Å². The van der Waals surface area contributed by atoms with Crippen LogP contribution in [0.25, 0.3) is 0 Å². The van der Waals surface area contributed by atoms with Crippen molar-refractivity contribution in [3.8, 4) is 0 Å². The Bertz CT molecular complexity index is 502. The van der Waals surface area contributed by atoms with Crippen LogP contribution < -0.4 is 10.0 Å². The highest BCUT2D eigenvalue weighted by Crippen LogP contribution is 2.16.